The number of hydrogen-bond acceptors (Lipinski definition) is 5. The summed E-state index contributed by atoms with van der Waals surface area (Å²) in [7, 11) is 0. The third kappa shape index (κ3) is 4.16. The van der Waals surface area contributed by atoms with Gasteiger partial charge < -0.3 is 11.1 Å². The van der Waals surface area contributed by atoms with Crippen LogP contribution in [0.15, 0.2) is 36.5 Å². The second-order valence-electron chi connectivity index (χ2n) is 6.03. The number of benzene rings is 1. The van der Waals surface area contributed by atoms with E-state index in [1.165, 1.54) is 16.9 Å². The van der Waals surface area contributed by atoms with E-state index in [9.17, 15) is 4.79 Å². The van der Waals surface area contributed by atoms with Crippen molar-refractivity contribution in [1.82, 2.24) is 15.2 Å². The lowest BCUT2D eigenvalue weighted by molar-refractivity contribution is 0.1000. The van der Waals surface area contributed by atoms with Crippen LogP contribution >= 0.6 is 11.3 Å². The zero-order chi connectivity index (χ0) is 16.2. The molecule has 2 unspecified atom stereocenters. The van der Waals surface area contributed by atoms with Crippen LogP contribution in [0.5, 0.6) is 0 Å². The van der Waals surface area contributed by atoms with E-state index in [0.29, 0.717) is 11.0 Å². The van der Waals surface area contributed by atoms with Gasteiger partial charge in [0.1, 0.15) is 0 Å². The summed E-state index contributed by atoms with van der Waals surface area (Å²) < 4.78 is 0. The predicted octanol–water partition coefficient (Wildman–Crippen LogP) is 2.17. The van der Waals surface area contributed by atoms with Gasteiger partial charge in [-0.3, -0.25) is 9.69 Å². The molecule has 122 valence electrons. The number of rotatable bonds is 6. The molecule has 3 N–H and O–H groups in total. The Morgan fingerprint density at radius 3 is 2.96 bits per heavy atom. The molecule has 1 saturated heterocycles. The van der Waals surface area contributed by atoms with Crippen LogP contribution in [0.2, 0.25) is 0 Å². The number of aromatic nitrogens is 1. The Balaban J connectivity index is 1.52. The highest BCUT2D eigenvalue weighted by Gasteiger charge is 2.24. The molecule has 1 amide bonds. The van der Waals surface area contributed by atoms with Gasteiger partial charge in [0, 0.05) is 42.8 Å². The fraction of sp³-hybridized carbons (Fsp3) is 0.412. The van der Waals surface area contributed by atoms with Crippen LogP contribution in [0.1, 0.15) is 39.6 Å². The van der Waals surface area contributed by atoms with Crippen molar-refractivity contribution >= 4 is 17.2 Å². The first-order valence-electron chi connectivity index (χ1n) is 7.89. The first kappa shape index (κ1) is 16.1. The maximum absolute atomic E-state index is 11.1. The smallest absolute Gasteiger partial charge is 0.277 e. The van der Waals surface area contributed by atoms with Gasteiger partial charge in [-0.1, -0.05) is 30.3 Å². The monoisotopic (exact) mass is 330 g/mol. The van der Waals surface area contributed by atoms with Crippen molar-refractivity contribution in [2.45, 2.75) is 32.0 Å². The summed E-state index contributed by atoms with van der Waals surface area (Å²) in [5, 5.41) is 4.02. The van der Waals surface area contributed by atoms with Gasteiger partial charge in [-0.15, -0.1) is 11.3 Å². The third-order valence-corrected chi connectivity index (χ3v) is 5.36. The fourth-order valence-corrected chi connectivity index (χ4v) is 3.77. The predicted molar refractivity (Wildman–Crippen MR) is 92.3 cm³/mol. The molecule has 2 atom stereocenters. The minimum Gasteiger partial charge on any atom is -0.364 e. The molecule has 0 bridgehead atoms. The number of carbonyl (C=O) groups is 1. The highest BCUT2D eigenvalue weighted by Crippen LogP contribution is 2.23. The van der Waals surface area contributed by atoms with Crippen molar-refractivity contribution in [2.75, 3.05) is 13.1 Å². The average Bonchev–Trinajstić information content (AvgIpc) is 3.18. The van der Waals surface area contributed by atoms with Crippen LogP contribution in [0.3, 0.4) is 0 Å². The lowest BCUT2D eigenvalue weighted by Crippen LogP contribution is -2.34. The lowest BCUT2D eigenvalue weighted by atomic mass is 10.2. The van der Waals surface area contributed by atoms with Crippen molar-refractivity contribution < 1.29 is 4.79 Å². The Hall–Kier alpha value is -1.76. The molecule has 2 heterocycles. The second kappa shape index (κ2) is 7.21. The zero-order valence-electron chi connectivity index (χ0n) is 13.2. The molecule has 5 nitrogen and oxygen atoms in total. The van der Waals surface area contributed by atoms with E-state index in [2.05, 4.69) is 52.5 Å². The Kier molecular flexibility index (Phi) is 5.05. The number of carbonyl (C=O) groups excluding carboxylic acids is 1. The number of nitrogens with one attached hydrogen (secondary N) is 1. The molecule has 23 heavy (non-hydrogen) atoms. The normalized spacial score (nSPS) is 19.8. The van der Waals surface area contributed by atoms with Gasteiger partial charge in [-0.2, -0.15) is 0 Å². The lowest BCUT2D eigenvalue weighted by Gasteiger charge is -2.19. The van der Waals surface area contributed by atoms with Crippen LogP contribution in [0.4, 0.5) is 0 Å². The van der Waals surface area contributed by atoms with E-state index in [-0.39, 0.29) is 6.04 Å². The summed E-state index contributed by atoms with van der Waals surface area (Å²) in [4.78, 5) is 18.7. The van der Waals surface area contributed by atoms with Gasteiger partial charge in [0.2, 0.25) is 0 Å². The van der Waals surface area contributed by atoms with Crippen molar-refractivity contribution in [3.8, 4) is 0 Å². The van der Waals surface area contributed by atoms with Crippen LogP contribution in [-0.4, -0.2) is 34.9 Å². The number of likely N-dealkylation sites (tertiary alicyclic amines) is 1. The van der Waals surface area contributed by atoms with E-state index < -0.39 is 5.91 Å². The standard InChI is InChI=1S/C17H22N4OS/c1-12(15-9-19-17(23-15)16(18)22)20-14-7-8-21(11-14)10-13-5-3-2-4-6-13/h2-6,9,12,14,20H,7-8,10-11H2,1H3,(H2,18,22). The Morgan fingerprint density at radius 2 is 2.26 bits per heavy atom. The Bertz CT molecular complexity index is 658. The van der Waals surface area contributed by atoms with Crippen molar-refractivity contribution in [3.63, 3.8) is 0 Å². The topological polar surface area (TPSA) is 71.2 Å². The van der Waals surface area contributed by atoms with Gasteiger partial charge in [-0.25, -0.2) is 4.98 Å². The molecule has 0 spiro atoms. The Morgan fingerprint density at radius 1 is 1.48 bits per heavy atom. The number of nitrogens with zero attached hydrogens (tertiary/aromatic N) is 2. The molecular formula is C17H22N4OS. The average molecular weight is 330 g/mol. The number of amides is 1. The SMILES string of the molecule is CC(NC1CCN(Cc2ccccc2)C1)c1cnc(C(N)=O)s1. The number of thiazole rings is 1. The highest BCUT2D eigenvalue weighted by atomic mass is 32.1. The molecule has 1 aromatic carbocycles. The van der Waals surface area contributed by atoms with Gasteiger partial charge in [0.05, 0.1) is 0 Å². The minimum atomic E-state index is -0.455. The van der Waals surface area contributed by atoms with Crippen LogP contribution < -0.4 is 11.1 Å². The van der Waals surface area contributed by atoms with Crippen LogP contribution in [-0.2, 0) is 6.54 Å². The fourth-order valence-electron chi connectivity index (χ4n) is 2.99. The van der Waals surface area contributed by atoms with E-state index in [4.69, 9.17) is 5.73 Å². The largest absolute Gasteiger partial charge is 0.364 e. The van der Waals surface area contributed by atoms with Gasteiger partial charge in [0.15, 0.2) is 5.01 Å². The summed E-state index contributed by atoms with van der Waals surface area (Å²) in [6.07, 6.45) is 2.89. The minimum absolute atomic E-state index is 0.183. The summed E-state index contributed by atoms with van der Waals surface area (Å²) in [6, 6.07) is 11.2. The molecule has 1 aliphatic rings. The molecule has 1 aliphatic heterocycles. The summed E-state index contributed by atoms with van der Waals surface area (Å²) in [5.74, 6) is -0.455. The molecule has 0 aliphatic carbocycles. The summed E-state index contributed by atoms with van der Waals surface area (Å²) in [6.45, 7) is 5.26. The maximum atomic E-state index is 11.1. The molecule has 1 aromatic heterocycles. The number of nitrogens with two attached hydrogens (primary N) is 1. The van der Waals surface area contributed by atoms with Crippen molar-refractivity contribution in [1.29, 1.82) is 0 Å². The Labute approximate surface area is 140 Å². The summed E-state index contributed by atoms with van der Waals surface area (Å²) in [5.41, 5.74) is 6.62. The maximum Gasteiger partial charge on any atom is 0.277 e. The van der Waals surface area contributed by atoms with Crippen LogP contribution in [0.25, 0.3) is 0 Å². The summed E-state index contributed by atoms with van der Waals surface area (Å²) >= 11 is 1.37. The van der Waals surface area contributed by atoms with Gasteiger partial charge >= 0.3 is 0 Å². The molecule has 6 heteroatoms. The first-order valence-corrected chi connectivity index (χ1v) is 8.71. The molecular weight excluding hydrogens is 308 g/mol. The third-order valence-electron chi connectivity index (χ3n) is 4.17. The van der Waals surface area contributed by atoms with Gasteiger partial charge in [0.25, 0.3) is 5.91 Å². The first-order chi connectivity index (χ1) is 11.1. The molecule has 0 saturated carbocycles. The van der Waals surface area contributed by atoms with Crippen molar-refractivity contribution in [2.24, 2.45) is 5.73 Å². The van der Waals surface area contributed by atoms with E-state index in [1.807, 2.05) is 0 Å². The molecule has 1 fully saturated rings. The quantitative estimate of drug-likeness (QED) is 0.851. The highest BCUT2D eigenvalue weighted by molar-refractivity contribution is 7.13. The second-order valence-corrected chi connectivity index (χ2v) is 7.09. The molecule has 3 rings (SSSR count). The number of primary amides is 1. The van der Waals surface area contributed by atoms with E-state index in [0.717, 1.165) is 30.9 Å². The van der Waals surface area contributed by atoms with Crippen LogP contribution in [0, 0.1) is 0 Å². The molecule has 0 radical (unpaired) electrons. The molecule has 2 aromatic rings. The van der Waals surface area contributed by atoms with E-state index in [1.54, 1.807) is 6.20 Å². The van der Waals surface area contributed by atoms with Gasteiger partial charge in [-0.05, 0) is 18.9 Å². The van der Waals surface area contributed by atoms with Crippen molar-refractivity contribution in [3.05, 3.63) is 52.0 Å². The zero-order valence-corrected chi connectivity index (χ0v) is 14.1. The number of hydrogen-bond donors (Lipinski definition) is 2. The van der Waals surface area contributed by atoms with E-state index >= 15 is 0 Å².